The minimum Gasteiger partial charge on any atom is -0.497 e. The highest BCUT2D eigenvalue weighted by molar-refractivity contribution is 6.04. The van der Waals surface area contributed by atoms with Gasteiger partial charge in [0.25, 0.3) is 5.91 Å². The number of benzene rings is 2. The van der Waals surface area contributed by atoms with E-state index in [9.17, 15) is 4.79 Å². The summed E-state index contributed by atoms with van der Waals surface area (Å²) >= 11 is 0. The number of amides is 1. The van der Waals surface area contributed by atoms with Gasteiger partial charge in [-0.1, -0.05) is 18.2 Å². The number of para-hydroxylation sites is 2. The number of ether oxygens (including phenoxy) is 1. The van der Waals surface area contributed by atoms with E-state index in [1.165, 1.54) is 0 Å². The maximum Gasteiger partial charge on any atom is 0.255 e. The van der Waals surface area contributed by atoms with Gasteiger partial charge in [0.15, 0.2) is 0 Å². The number of anilines is 1. The molecule has 0 fully saturated rings. The molecule has 0 aliphatic heterocycles. The molecule has 6 nitrogen and oxygen atoms in total. The number of rotatable bonds is 4. The number of nitrogens with one attached hydrogen (secondary N) is 1. The first-order valence-corrected chi connectivity index (χ1v) is 8.08. The van der Waals surface area contributed by atoms with Crippen molar-refractivity contribution in [3.8, 4) is 11.6 Å². The minimum atomic E-state index is -0.216. The van der Waals surface area contributed by atoms with Crippen LogP contribution in [0.3, 0.4) is 0 Å². The molecule has 0 radical (unpaired) electrons. The first-order valence-electron chi connectivity index (χ1n) is 8.08. The van der Waals surface area contributed by atoms with E-state index in [0.717, 1.165) is 16.9 Å². The third kappa shape index (κ3) is 3.00. The highest BCUT2D eigenvalue weighted by Gasteiger charge is 2.09. The third-order valence-electron chi connectivity index (χ3n) is 4.04. The van der Waals surface area contributed by atoms with E-state index >= 15 is 0 Å². The summed E-state index contributed by atoms with van der Waals surface area (Å²) in [6.45, 7) is 0. The number of hydrogen-bond donors (Lipinski definition) is 1. The lowest BCUT2D eigenvalue weighted by Crippen LogP contribution is -2.12. The summed E-state index contributed by atoms with van der Waals surface area (Å²) in [4.78, 5) is 21.2. The Morgan fingerprint density at radius 1 is 1.04 bits per heavy atom. The van der Waals surface area contributed by atoms with Gasteiger partial charge in [0.2, 0.25) is 0 Å². The first kappa shape index (κ1) is 15.8. The second kappa shape index (κ2) is 6.68. The molecule has 6 heteroatoms. The quantitative estimate of drug-likeness (QED) is 0.613. The first-order chi connectivity index (χ1) is 12.7. The zero-order valence-corrected chi connectivity index (χ0v) is 14.1. The molecule has 1 N–H and O–H groups in total. The number of imidazole rings is 1. The van der Waals surface area contributed by atoms with Crippen LogP contribution >= 0.6 is 0 Å². The summed E-state index contributed by atoms with van der Waals surface area (Å²) in [5.41, 5.74) is 3.03. The van der Waals surface area contributed by atoms with Crippen LogP contribution in [0.25, 0.3) is 16.9 Å². The van der Waals surface area contributed by atoms with Gasteiger partial charge in [-0.2, -0.15) is 0 Å². The van der Waals surface area contributed by atoms with E-state index in [4.69, 9.17) is 4.74 Å². The molecule has 0 saturated carbocycles. The molecule has 26 heavy (non-hydrogen) atoms. The summed E-state index contributed by atoms with van der Waals surface area (Å²) in [5.74, 6) is 1.16. The van der Waals surface area contributed by atoms with Gasteiger partial charge in [-0.15, -0.1) is 0 Å². The fourth-order valence-electron chi connectivity index (χ4n) is 2.71. The van der Waals surface area contributed by atoms with Crippen molar-refractivity contribution in [2.24, 2.45) is 0 Å². The van der Waals surface area contributed by atoms with Crippen molar-refractivity contribution in [3.05, 3.63) is 78.8 Å². The van der Waals surface area contributed by atoms with Crippen molar-refractivity contribution in [1.82, 2.24) is 14.5 Å². The fourth-order valence-corrected chi connectivity index (χ4v) is 2.71. The molecule has 2 aromatic heterocycles. The molecule has 0 aliphatic carbocycles. The van der Waals surface area contributed by atoms with Gasteiger partial charge in [0, 0.05) is 5.56 Å². The van der Waals surface area contributed by atoms with E-state index in [2.05, 4.69) is 15.3 Å². The second-order valence-corrected chi connectivity index (χ2v) is 5.69. The molecule has 0 saturated heterocycles. The Bertz CT molecular complexity index is 1070. The number of carbonyl (C=O) groups is 1. The lowest BCUT2D eigenvalue weighted by Gasteiger charge is -2.08. The van der Waals surface area contributed by atoms with Crippen molar-refractivity contribution in [2.75, 3.05) is 12.4 Å². The Kier molecular flexibility index (Phi) is 4.07. The summed E-state index contributed by atoms with van der Waals surface area (Å²) in [6.07, 6.45) is 3.36. The molecule has 0 bridgehead atoms. The number of aromatic nitrogens is 3. The largest absolute Gasteiger partial charge is 0.497 e. The van der Waals surface area contributed by atoms with Crippen LogP contribution in [0.15, 0.2) is 73.2 Å². The Balaban J connectivity index is 1.55. The van der Waals surface area contributed by atoms with Crippen molar-refractivity contribution < 1.29 is 9.53 Å². The second-order valence-electron chi connectivity index (χ2n) is 5.69. The van der Waals surface area contributed by atoms with E-state index in [0.29, 0.717) is 17.0 Å². The van der Waals surface area contributed by atoms with Gasteiger partial charge in [-0.25, -0.2) is 9.97 Å². The van der Waals surface area contributed by atoms with E-state index < -0.39 is 0 Å². The van der Waals surface area contributed by atoms with Crippen LogP contribution in [0.1, 0.15) is 10.4 Å². The van der Waals surface area contributed by atoms with Crippen LogP contribution in [0, 0.1) is 0 Å². The highest BCUT2D eigenvalue weighted by atomic mass is 16.5. The topological polar surface area (TPSA) is 69.0 Å². The number of pyridine rings is 1. The van der Waals surface area contributed by atoms with Gasteiger partial charge in [-0.3, -0.25) is 9.36 Å². The lowest BCUT2D eigenvalue weighted by atomic mass is 10.2. The zero-order valence-electron chi connectivity index (χ0n) is 14.1. The van der Waals surface area contributed by atoms with Gasteiger partial charge < -0.3 is 10.1 Å². The molecular weight excluding hydrogens is 328 g/mol. The van der Waals surface area contributed by atoms with Crippen molar-refractivity contribution >= 4 is 22.6 Å². The third-order valence-corrected chi connectivity index (χ3v) is 4.04. The van der Waals surface area contributed by atoms with E-state index in [1.54, 1.807) is 43.9 Å². The Labute approximate surface area is 150 Å². The summed E-state index contributed by atoms with van der Waals surface area (Å²) in [5, 5.41) is 2.84. The molecule has 0 aliphatic rings. The fraction of sp³-hybridized carbons (Fsp3) is 0.0500. The van der Waals surface area contributed by atoms with E-state index in [1.807, 2.05) is 41.0 Å². The summed E-state index contributed by atoms with van der Waals surface area (Å²) in [6, 6.07) is 18.5. The van der Waals surface area contributed by atoms with Crippen molar-refractivity contribution in [3.63, 3.8) is 0 Å². The molecule has 4 rings (SSSR count). The highest BCUT2D eigenvalue weighted by Crippen LogP contribution is 2.18. The molecule has 1 amide bonds. The van der Waals surface area contributed by atoms with Crippen molar-refractivity contribution in [2.45, 2.75) is 0 Å². The van der Waals surface area contributed by atoms with Gasteiger partial charge in [-0.05, 0) is 42.5 Å². The predicted molar refractivity (Wildman–Crippen MR) is 99.8 cm³/mol. The van der Waals surface area contributed by atoms with Crippen LogP contribution in [0.5, 0.6) is 5.75 Å². The van der Waals surface area contributed by atoms with Gasteiger partial charge in [0.05, 0.1) is 30.0 Å². The molecule has 0 unspecified atom stereocenters. The minimum absolute atomic E-state index is 0.216. The number of carbonyl (C=O) groups excluding carboxylic acids is 1. The Morgan fingerprint density at radius 2 is 1.92 bits per heavy atom. The molecule has 4 aromatic rings. The number of nitrogens with zero attached hydrogens (tertiary/aromatic N) is 3. The molecular formula is C20H16N4O2. The van der Waals surface area contributed by atoms with Crippen LogP contribution in [-0.2, 0) is 0 Å². The molecule has 0 atom stereocenters. The van der Waals surface area contributed by atoms with Gasteiger partial charge in [0.1, 0.15) is 17.9 Å². The maximum absolute atomic E-state index is 12.4. The average molecular weight is 344 g/mol. The summed E-state index contributed by atoms with van der Waals surface area (Å²) in [7, 11) is 1.57. The normalized spacial score (nSPS) is 10.7. The lowest BCUT2D eigenvalue weighted by molar-refractivity contribution is 0.102. The predicted octanol–water partition coefficient (Wildman–Crippen LogP) is 3.68. The standard InChI is InChI=1S/C20H16N4O2/c1-26-16-6-4-5-14(11-16)20(25)23-15-9-10-19(21-12-15)24-13-22-17-7-2-3-8-18(17)24/h2-13H,1H3,(H,23,25). The van der Waals surface area contributed by atoms with Crippen LogP contribution in [-0.4, -0.2) is 27.6 Å². The van der Waals surface area contributed by atoms with Crippen LogP contribution < -0.4 is 10.1 Å². The molecule has 2 aromatic carbocycles. The maximum atomic E-state index is 12.4. The SMILES string of the molecule is COc1cccc(C(=O)Nc2ccc(-n3cnc4ccccc43)nc2)c1. The number of methoxy groups -OCH3 is 1. The molecule has 2 heterocycles. The van der Waals surface area contributed by atoms with E-state index in [-0.39, 0.29) is 5.91 Å². The van der Waals surface area contributed by atoms with Crippen LogP contribution in [0.2, 0.25) is 0 Å². The smallest absolute Gasteiger partial charge is 0.255 e. The Hall–Kier alpha value is -3.67. The van der Waals surface area contributed by atoms with Crippen LogP contribution in [0.4, 0.5) is 5.69 Å². The molecule has 128 valence electrons. The summed E-state index contributed by atoms with van der Waals surface area (Å²) < 4.78 is 7.05. The van der Waals surface area contributed by atoms with Gasteiger partial charge >= 0.3 is 0 Å². The zero-order chi connectivity index (χ0) is 17.9. The number of hydrogen-bond acceptors (Lipinski definition) is 4. The number of fused-ring (bicyclic) bond motifs is 1. The molecule has 0 spiro atoms. The Morgan fingerprint density at radius 3 is 2.73 bits per heavy atom. The average Bonchev–Trinajstić information content (AvgIpc) is 3.13. The van der Waals surface area contributed by atoms with Crippen molar-refractivity contribution in [1.29, 1.82) is 0 Å². The monoisotopic (exact) mass is 344 g/mol.